The average molecular weight is 157 g/mol. The summed E-state index contributed by atoms with van der Waals surface area (Å²) in [6.07, 6.45) is 0.682. The van der Waals surface area contributed by atoms with E-state index in [1.807, 2.05) is 0 Å². The van der Waals surface area contributed by atoms with E-state index >= 15 is 0 Å². The third kappa shape index (κ3) is 2.19. The van der Waals surface area contributed by atoms with Crippen LogP contribution in [0.3, 0.4) is 0 Å². The quantitative estimate of drug-likeness (QED) is 0.681. The summed E-state index contributed by atoms with van der Waals surface area (Å²) in [5, 5.41) is 6.44. The van der Waals surface area contributed by atoms with Crippen LogP contribution in [0.25, 0.3) is 0 Å². The van der Waals surface area contributed by atoms with E-state index in [1.54, 1.807) is 14.2 Å². The molecule has 1 heterocycles. The Morgan fingerprint density at radius 2 is 2.45 bits per heavy atom. The molecule has 1 N–H and O–H groups in total. The van der Waals surface area contributed by atoms with Crippen LogP contribution >= 0.6 is 0 Å². The van der Waals surface area contributed by atoms with E-state index in [4.69, 9.17) is 9.26 Å². The van der Waals surface area contributed by atoms with Crippen molar-refractivity contribution >= 4 is 6.01 Å². The van der Waals surface area contributed by atoms with Crippen LogP contribution in [-0.2, 0) is 11.2 Å². The Balaban J connectivity index is 2.44. The van der Waals surface area contributed by atoms with Crippen LogP contribution in [0.1, 0.15) is 5.82 Å². The smallest absolute Gasteiger partial charge is 0.321 e. The van der Waals surface area contributed by atoms with Crippen molar-refractivity contribution in [3.8, 4) is 0 Å². The fourth-order valence-corrected chi connectivity index (χ4v) is 0.650. The lowest BCUT2D eigenvalue weighted by Crippen LogP contribution is -1.96. The van der Waals surface area contributed by atoms with Crippen molar-refractivity contribution in [2.24, 2.45) is 0 Å². The summed E-state index contributed by atoms with van der Waals surface area (Å²) >= 11 is 0. The second kappa shape index (κ2) is 3.92. The Morgan fingerprint density at radius 1 is 1.64 bits per heavy atom. The Morgan fingerprint density at radius 3 is 3.00 bits per heavy atom. The molecule has 0 aliphatic carbocycles. The number of aromatic nitrogens is 2. The molecule has 0 saturated heterocycles. The summed E-state index contributed by atoms with van der Waals surface area (Å²) in [6.45, 7) is 0.614. The van der Waals surface area contributed by atoms with Gasteiger partial charge in [0, 0.05) is 20.6 Å². The van der Waals surface area contributed by atoms with Crippen LogP contribution in [0.5, 0.6) is 0 Å². The number of ether oxygens (including phenoxy) is 1. The van der Waals surface area contributed by atoms with Gasteiger partial charge in [0.15, 0.2) is 5.82 Å². The first-order valence-electron chi connectivity index (χ1n) is 3.36. The van der Waals surface area contributed by atoms with Crippen molar-refractivity contribution in [3.63, 3.8) is 0 Å². The van der Waals surface area contributed by atoms with Gasteiger partial charge in [-0.1, -0.05) is 5.16 Å². The first-order valence-corrected chi connectivity index (χ1v) is 3.36. The van der Waals surface area contributed by atoms with Gasteiger partial charge in [0.1, 0.15) is 0 Å². The van der Waals surface area contributed by atoms with Gasteiger partial charge >= 0.3 is 6.01 Å². The second-order valence-electron chi connectivity index (χ2n) is 2.01. The third-order valence-electron chi connectivity index (χ3n) is 1.21. The third-order valence-corrected chi connectivity index (χ3v) is 1.21. The first kappa shape index (κ1) is 8.00. The van der Waals surface area contributed by atoms with Gasteiger partial charge in [-0.05, 0) is 0 Å². The molecular weight excluding hydrogens is 146 g/mol. The molecule has 1 aromatic heterocycles. The van der Waals surface area contributed by atoms with Crippen molar-refractivity contribution in [2.45, 2.75) is 6.42 Å². The number of anilines is 1. The zero-order chi connectivity index (χ0) is 8.10. The second-order valence-corrected chi connectivity index (χ2v) is 2.01. The normalized spacial score (nSPS) is 10.0. The molecule has 0 bridgehead atoms. The van der Waals surface area contributed by atoms with E-state index in [1.165, 1.54) is 0 Å². The minimum atomic E-state index is 0.441. The molecule has 0 atom stereocenters. The predicted molar refractivity (Wildman–Crippen MR) is 39.4 cm³/mol. The van der Waals surface area contributed by atoms with E-state index in [9.17, 15) is 0 Å². The lowest BCUT2D eigenvalue weighted by atomic mass is 10.4. The van der Waals surface area contributed by atoms with E-state index in [0.717, 1.165) is 0 Å². The number of hydrogen-bond acceptors (Lipinski definition) is 5. The molecule has 11 heavy (non-hydrogen) atoms. The molecule has 0 unspecified atom stereocenters. The van der Waals surface area contributed by atoms with Gasteiger partial charge in [0.25, 0.3) is 0 Å². The van der Waals surface area contributed by atoms with Gasteiger partial charge < -0.3 is 14.6 Å². The highest BCUT2D eigenvalue weighted by Crippen LogP contribution is 2.01. The van der Waals surface area contributed by atoms with Gasteiger partial charge in [-0.2, -0.15) is 4.98 Å². The summed E-state index contributed by atoms with van der Waals surface area (Å²) in [4.78, 5) is 4.00. The van der Waals surface area contributed by atoms with Gasteiger partial charge in [-0.3, -0.25) is 0 Å². The predicted octanol–water partition coefficient (Wildman–Crippen LogP) is 0.300. The first-order chi connectivity index (χ1) is 5.36. The van der Waals surface area contributed by atoms with Gasteiger partial charge in [-0.25, -0.2) is 0 Å². The Bertz CT molecular complexity index is 211. The molecule has 0 aliphatic heterocycles. The highest BCUT2D eigenvalue weighted by Gasteiger charge is 2.02. The van der Waals surface area contributed by atoms with Crippen LogP contribution in [0, 0.1) is 0 Å². The van der Waals surface area contributed by atoms with E-state index in [2.05, 4.69) is 15.5 Å². The minimum absolute atomic E-state index is 0.441. The molecule has 0 saturated carbocycles. The largest absolute Gasteiger partial charge is 0.384 e. The van der Waals surface area contributed by atoms with E-state index in [-0.39, 0.29) is 0 Å². The molecule has 5 nitrogen and oxygen atoms in total. The number of methoxy groups -OCH3 is 1. The standard InChI is InChI=1S/C6H11N3O2/c1-7-6-8-5(9-11-6)3-4-10-2/h3-4H2,1-2H3,(H,7,8,9). The SMILES string of the molecule is CNc1nc(CCOC)no1. The highest BCUT2D eigenvalue weighted by molar-refractivity contribution is 5.15. The fourth-order valence-electron chi connectivity index (χ4n) is 0.650. The van der Waals surface area contributed by atoms with Gasteiger partial charge in [0.2, 0.25) is 0 Å². The summed E-state index contributed by atoms with van der Waals surface area (Å²) in [7, 11) is 3.37. The topological polar surface area (TPSA) is 60.2 Å². The van der Waals surface area contributed by atoms with Crippen molar-refractivity contribution < 1.29 is 9.26 Å². The molecule has 0 spiro atoms. The number of rotatable bonds is 4. The van der Waals surface area contributed by atoms with Crippen molar-refractivity contribution in [2.75, 3.05) is 26.1 Å². The maximum atomic E-state index is 4.85. The van der Waals surface area contributed by atoms with Gasteiger partial charge in [-0.15, -0.1) is 0 Å². The average Bonchev–Trinajstić information content (AvgIpc) is 2.48. The van der Waals surface area contributed by atoms with Crippen LogP contribution in [0.2, 0.25) is 0 Å². The molecule has 0 fully saturated rings. The monoisotopic (exact) mass is 157 g/mol. The van der Waals surface area contributed by atoms with Crippen LogP contribution < -0.4 is 5.32 Å². The maximum absolute atomic E-state index is 4.85. The molecule has 0 aliphatic rings. The Labute approximate surface area is 64.7 Å². The zero-order valence-corrected chi connectivity index (χ0v) is 6.63. The van der Waals surface area contributed by atoms with E-state index < -0.39 is 0 Å². The van der Waals surface area contributed by atoms with Gasteiger partial charge in [0.05, 0.1) is 6.61 Å². The Hall–Kier alpha value is -1.10. The summed E-state index contributed by atoms with van der Waals surface area (Å²) in [5.41, 5.74) is 0. The van der Waals surface area contributed by atoms with E-state index in [0.29, 0.717) is 24.9 Å². The highest BCUT2D eigenvalue weighted by atomic mass is 16.5. The summed E-state index contributed by atoms with van der Waals surface area (Å²) in [6, 6.07) is 0.441. The zero-order valence-electron chi connectivity index (χ0n) is 6.63. The van der Waals surface area contributed by atoms with Crippen molar-refractivity contribution in [3.05, 3.63) is 5.82 Å². The number of nitrogens with zero attached hydrogens (tertiary/aromatic N) is 2. The molecule has 0 amide bonds. The van der Waals surface area contributed by atoms with Crippen LogP contribution in [-0.4, -0.2) is 30.9 Å². The lowest BCUT2D eigenvalue weighted by molar-refractivity contribution is 0.199. The minimum Gasteiger partial charge on any atom is -0.384 e. The molecule has 1 rings (SSSR count). The molecule has 5 heteroatoms. The molecule has 62 valence electrons. The summed E-state index contributed by atoms with van der Waals surface area (Å²) in [5.74, 6) is 0.663. The summed E-state index contributed by atoms with van der Waals surface area (Å²) < 4.78 is 9.63. The molecule has 1 aromatic rings. The maximum Gasteiger partial charge on any atom is 0.321 e. The molecule has 0 aromatic carbocycles. The lowest BCUT2D eigenvalue weighted by Gasteiger charge is -1.90. The Kier molecular flexibility index (Phi) is 2.85. The number of nitrogens with one attached hydrogen (secondary N) is 1. The van der Waals surface area contributed by atoms with Crippen molar-refractivity contribution in [1.82, 2.24) is 10.1 Å². The van der Waals surface area contributed by atoms with Crippen LogP contribution in [0.15, 0.2) is 4.52 Å². The fraction of sp³-hybridized carbons (Fsp3) is 0.667. The number of hydrogen-bond donors (Lipinski definition) is 1. The molecular formula is C6H11N3O2. The van der Waals surface area contributed by atoms with Crippen LogP contribution in [0.4, 0.5) is 6.01 Å². The molecule has 0 radical (unpaired) electrons. The van der Waals surface area contributed by atoms with Crippen molar-refractivity contribution in [1.29, 1.82) is 0 Å².